The summed E-state index contributed by atoms with van der Waals surface area (Å²) in [6.07, 6.45) is 3.91. The molecule has 0 aromatic heterocycles. The van der Waals surface area contributed by atoms with Crippen molar-refractivity contribution in [2.24, 2.45) is 0 Å². The number of imide groups is 1. The summed E-state index contributed by atoms with van der Waals surface area (Å²) in [5, 5.41) is 5.99. The molecule has 2 aliphatic rings. The second-order valence-corrected chi connectivity index (χ2v) is 7.08. The summed E-state index contributed by atoms with van der Waals surface area (Å²) in [4.78, 5) is 37.9. The van der Waals surface area contributed by atoms with Crippen LogP contribution in [0.5, 0.6) is 5.75 Å². The van der Waals surface area contributed by atoms with Gasteiger partial charge in [0.2, 0.25) is 5.91 Å². The number of nitrogens with one attached hydrogen (secondary N) is 2. The highest BCUT2D eigenvalue weighted by Crippen LogP contribution is 2.35. The van der Waals surface area contributed by atoms with Crippen molar-refractivity contribution in [1.29, 1.82) is 0 Å². The molecule has 8 heteroatoms. The van der Waals surface area contributed by atoms with E-state index in [1.807, 2.05) is 0 Å². The minimum Gasteiger partial charge on any atom is -0.495 e. The molecule has 0 unspecified atom stereocenters. The zero-order valence-electron chi connectivity index (χ0n) is 14.6. The molecule has 26 heavy (non-hydrogen) atoms. The quantitative estimate of drug-likeness (QED) is 0.744. The monoisotopic (exact) mass is 379 g/mol. The van der Waals surface area contributed by atoms with Gasteiger partial charge in [-0.2, -0.15) is 0 Å². The third-order valence-electron chi connectivity index (χ3n) is 4.92. The third-order valence-corrected chi connectivity index (χ3v) is 5.22. The maximum Gasteiger partial charge on any atom is 0.325 e. The van der Waals surface area contributed by atoms with E-state index in [1.165, 1.54) is 12.0 Å². The number of urea groups is 1. The topological polar surface area (TPSA) is 87.7 Å². The summed E-state index contributed by atoms with van der Waals surface area (Å²) >= 11 is 6.03. The van der Waals surface area contributed by atoms with E-state index in [9.17, 15) is 14.4 Å². The summed E-state index contributed by atoms with van der Waals surface area (Å²) in [5.41, 5.74) is -0.125. The van der Waals surface area contributed by atoms with Crippen LogP contribution >= 0.6 is 11.6 Å². The van der Waals surface area contributed by atoms with Crippen molar-refractivity contribution >= 4 is 35.1 Å². The molecule has 1 aliphatic carbocycles. The van der Waals surface area contributed by atoms with Crippen LogP contribution in [0.25, 0.3) is 0 Å². The molecule has 1 aromatic rings. The molecule has 1 aliphatic heterocycles. The molecular formula is C18H22ClN3O4. The molecule has 0 atom stereocenters. The summed E-state index contributed by atoms with van der Waals surface area (Å²) in [6.45, 7) is 0.239. The lowest BCUT2D eigenvalue weighted by molar-refractivity contribution is -0.131. The Morgan fingerprint density at radius 1 is 1.35 bits per heavy atom. The van der Waals surface area contributed by atoms with Crippen LogP contribution in [0.3, 0.4) is 0 Å². The van der Waals surface area contributed by atoms with Crippen molar-refractivity contribution < 1.29 is 19.1 Å². The van der Waals surface area contributed by atoms with Gasteiger partial charge in [-0.05, 0) is 37.5 Å². The smallest absolute Gasteiger partial charge is 0.325 e. The number of ether oxygens (including phenoxy) is 1. The van der Waals surface area contributed by atoms with E-state index >= 15 is 0 Å². The van der Waals surface area contributed by atoms with Crippen LogP contribution < -0.4 is 15.4 Å². The molecular weight excluding hydrogens is 358 g/mol. The average molecular weight is 380 g/mol. The van der Waals surface area contributed by atoms with Crippen LogP contribution in [0, 0.1) is 0 Å². The molecule has 2 fully saturated rings. The van der Waals surface area contributed by atoms with Gasteiger partial charge in [-0.15, -0.1) is 0 Å². The molecule has 3 rings (SSSR count). The molecule has 4 amide bonds. The molecule has 1 spiro atoms. The van der Waals surface area contributed by atoms with Gasteiger partial charge in [-0.3, -0.25) is 14.5 Å². The van der Waals surface area contributed by atoms with E-state index in [0.717, 1.165) is 12.8 Å². The second-order valence-electron chi connectivity index (χ2n) is 6.68. The van der Waals surface area contributed by atoms with Crippen LogP contribution in [0.1, 0.15) is 38.5 Å². The Labute approximate surface area is 157 Å². The fourth-order valence-electron chi connectivity index (χ4n) is 3.56. The Kier molecular flexibility index (Phi) is 5.36. The Morgan fingerprint density at radius 2 is 2.08 bits per heavy atom. The molecule has 0 radical (unpaired) electrons. The summed E-state index contributed by atoms with van der Waals surface area (Å²) < 4.78 is 5.07. The number of nitrogens with zero attached hydrogens (tertiary/aromatic N) is 1. The number of benzene rings is 1. The van der Waals surface area contributed by atoms with Gasteiger partial charge in [0.1, 0.15) is 11.3 Å². The highest BCUT2D eigenvalue weighted by molar-refractivity contribution is 6.32. The molecule has 1 aromatic carbocycles. The SMILES string of the molecule is COc1ccc(NC(=O)CCCN2C(=O)NC3(CCCC3)C2=O)cc1Cl. The normalized spacial score (nSPS) is 18.3. The van der Waals surface area contributed by atoms with Gasteiger partial charge in [0.15, 0.2) is 0 Å². The Hall–Kier alpha value is -2.28. The number of rotatable bonds is 6. The van der Waals surface area contributed by atoms with E-state index in [1.54, 1.807) is 18.2 Å². The largest absolute Gasteiger partial charge is 0.495 e. The average Bonchev–Trinajstić information content (AvgIpc) is 3.15. The van der Waals surface area contributed by atoms with Gasteiger partial charge in [0, 0.05) is 18.7 Å². The Balaban J connectivity index is 1.49. The Morgan fingerprint density at radius 3 is 2.73 bits per heavy atom. The first kappa shape index (κ1) is 18.5. The number of carbonyl (C=O) groups is 3. The van der Waals surface area contributed by atoms with Gasteiger partial charge in [0.25, 0.3) is 5.91 Å². The standard InChI is InChI=1S/C18H22ClN3O4/c1-26-14-7-6-12(11-13(14)19)20-15(23)5-4-10-22-16(24)18(21-17(22)25)8-2-3-9-18/h6-7,11H,2-5,8-10H2,1H3,(H,20,23)(H,21,25). The number of hydrogen-bond acceptors (Lipinski definition) is 4. The number of halogens is 1. The first-order valence-corrected chi connectivity index (χ1v) is 9.10. The minimum atomic E-state index is -0.695. The van der Waals surface area contributed by atoms with E-state index in [4.69, 9.17) is 16.3 Å². The molecule has 0 bridgehead atoms. The van der Waals surface area contributed by atoms with Crippen molar-refractivity contribution in [3.8, 4) is 5.75 Å². The summed E-state index contributed by atoms with van der Waals surface area (Å²) in [7, 11) is 1.52. The van der Waals surface area contributed by atoms with Gasteiger partial charge in [-0.1, -0.05) is 24.4 Å². The molecule has 1 heterocycles. The van der Waals surface area contributed by atoms with Crippen molar-refractivity contribution in [2.45, 2.75) is 44.1 Å². The molecule has 2 N–H and O–H groups in total. The summed E-state index contributed by atoms with van der Waals surface area (Å²) in [6, 6.07) is 4.63. The van der Waals surface area contributed by atoms with Crippen LogP contribution in [0.2, 0.25) is 5.02 Å². The van der Waals surface area contributed by atoms with E-state index in [0.29, 0.717) is 35.7 Å². The van der Waals surface area contributed by atoms with Gasteiger partial charge in [0.05, 0.1) is 12.1 Å². The highest BCUT2D eigenvalue weighted by Gasteiger charge is 2.51. The lowest BCUT2D eigenvalue weighted by Crippen LogP contribution is -2.44. The highest BCUT2D eigenvalue weighted by atomic mass is 35.5. The molecule has 1 saturated carbocycles. The maximum absolute atomic E-state index is 12.5. The van der Waals surface area contributed by atoms with Crippen molar-refractivity contribution in [3.05, 3.63) is 23.2 Å². The van der Waals surface area contributed by atoms with Gasteiger partial charge in [-0.25, -0.2) is 4.79 Å². The van der Waals surface area contributed by atoms with Crippen molar-refractivity contribution in [3.63, 3.8) is 0 Å². The van der Waals surface area contributed by atoms with E-state index in [-0.39, 0.29) is 30.8 Å². The molecule has 1 saturated heterocycles. The van der Waals surface area contributed by atoms with Crippen molar-refractivity contribution in [2.75, 3.05) is 19.0 Å². The van der Waals surface area contributed by atoms with Crippen LogP contribution in [0.4, 0.5) is 10.5 Å². The van der Waals surface area contributed by atoms with E-state index in [2.05, 4.69) is 10.6 Å². The minimum absolute atomic E-state index is 0.151. The zero-order valence-corrected chi connectivity index (χ0v) is 15.4. The molecule has 7 nitrogen and oxygen atoms in total. The number of methoxy groups -OCH3 is 1. The van der Waals surface area contributed by atoms with E-state index < -0.39 is 5.54 Å². The zero-order chi connectivity index (χ0) is 18.7. The first-order valence-electron chi connectivity index (χ1n) is 8.73. The predicted molar refractivity (Wildman–Crippen MR) is 97.3 cm³/mol. The van der Waals surface area contributed by atoms with Crippen molar-refractivity contribution in [1.82, 2.24) is 10.2 Å². The van der Waals surface area contributed by atoms with Gasteiger partial charge >= 0.3 is 6.03 Å². The number of amides is 4. The van der Waals surface area contributed by atoms with Crippen LogP contribution in [-0.2, 0) is 9.59 Å². The second kappa shape index (κ2) is 7.53. The fourth-order valence-corrected chi connectivity index (χ4v) is 3.82. The molecule has 140 valence electrons. The number of hydrogen-bond donors (Lipinski definition) is 2. The third kappa shape index (κ3) is 3.62. The first-order chi connectivity index (χ1) is 12.4. The number of carbonyl (C=O) groups excluding carboxylic acids is 3. The summed E-state index contributed by atoms with van der Waals surface area (Å²) in [5.74, 6) is 0.181. The lowest BCUT2D eigenvalue weighted by Gasteiger charge is -2.19. The van der Waals surface area contributed by atoms with Gasteiger partial charge < -0.3 is 15.4 Å². The lowest BCUT2D eigenvalue weighted by atomic mass is 9.98. The van der Waals surface area contributed by atoms with Crippen LogP contribution in [-0.4, -0.2) is 41.9 Å². The fraction of sp³-hybridized carbons (Fsp3) is 0.500. The maximum atomic E-state index is 12.5. The Bertz CT molecular complexity index is 731. The number of anilines is 1. The van der Waals surface area contributed by atoms with Crippen LogP contribution in [0.15, 0.2) is 18.2 Å². The predicted octanol–water partition coefficient (Wildman–Crippen LogP) is 2.93.